The second-order valence-corrected chi connectivity index (χ2v) is 8.56. The molecule has 0 unspecified atom stereocenters. The molecule has 0 aliphatic rings. The van der Waals surface area contributed by atoms with E-state index >= 15 is 0 Å². The van der Waals surface area contributed by atoms with Crippen LogP contribution in [-0.2, 0) is 4.74 Å². The second-order valence-electron chi connectivity index (χ2n) is 4.03. The third-order valence-electron chi connectivity index (χ3n) is 2.70. The number of hydrogen-bond donors (Lipinski definition) is 0. The normalized spacial score (nSPS) is 11.4. The Hall–Kier alpha value is -0.863. The molecule has 0 heterocycles. The van der Waals surface area contributed by atoms with Gasteiger partial charge < -0.3 is 4.74 Å². The first-order chi connectivity index (χ1) is 6.59. The SMILES string of the molecule is C=C(COC)[Si](C)(C)c1ccccc1. The van der Waals surface area contributed by atoms with Crippen LogP contribution in [0.1, 0.15) is 0 Å². The minimum Gasteiger partial charge on any atom is -0.381 e. The van der Waals surface area contributed by atoms with Gasteiger partial charge in [-0.3, -0.25) is 0 Å². The summed E-state index contributed by atoms with van der Waals surface area (Å²) in [4.78, 5) is 0. The van der Waals surface area contributed by atoms with Crippen LogP contribution in [0.5, 0.6) is 0 Å². The Morgan fingerprint density at radius 3 is 2.36 bits per heavy atom. The van der Waals surface area contributed by atoms with Gasteiger partial charge in [0, 0.05) is 7.11 Å². The average molecular weight is 206 g/mol. The molecule has 0 spiro atoms. The molecule has 0 atom stereocenters. The maximum absolute atomic E-state index is 5.15. The fraction of sp³-hybridized carbons (Fsp3) is 0.333. The molecule has 0 aliphatic carbocycles. The molecule has 14 heavy (non-hydrogen) atoms. The molecule has 1 nitrogen and oxygen atoms in total. The second kappa shape index (κ2) is 4.58. The van der Waals surface area contributed by atoms with Crippen molar-refractivity contribution in [3.05, 3.63) is 42.1 Å². The van der Waals surface area contributed by atoms with Gasteiger partial charge in [0.2, 0.25) is 0 Å². The van der Waals surface area contributed by atoms with Crippen molar-refractivity contribution in [2.75, 3.05) is 13.7 Å². The molecule has 1 rings (SSSR count). The summed E-state index contributed by atoms with van der Waals surface area (Å²) in [6, 6.07) is 10.6. The van der Waals surface area contributed by atoms with Crippen molar-refractivity contribution in [2.24, 2.45) is 0 Å². The molecule has 76 valence electrons. The molecule has 0 bridgehead atoms. The Labute approximate surface area is 87.4 Å². The van der Waals surface area contributed by atoms with E-state index in [0.29, 0.717) is 6.61 Å². The number of benzene rings is 1. The van der Waals surface area contributed by atoms with Crippen molar-refractivity contribution >= 4 is 13.3 Å². The summed E-state index contributed by atoms with van der Waals surface area (Å²) >= 11 is 0. The van der Waals surface area contributed by atoms with E-state index in [1.165, 1.54) is 10.4 Å². The van der Waals surface area contributed by atoms with Crippen LogP contribution in [0.15, 0.2) is 42.1 Å². The fourth-order valence-electron chi connectivity index (χ4n) is 1.41. The lowest BCUT2D eigenvalue weighted by molar-refractivity contribution is 0.230. The highest BCUT2D eigenvalue weighted by Gasteiger charge is 2.26. The van der Waals surface area contributed by atoms with Gasteiger partial charge in [-0.25, -0.2) is 0 Å². The Morgan fingerprint density at radius 1 is 1.29 bits per heavy atom. The van der Waals surface area contributed by atoms with Gasteiger partial charge in [-0.1, -0.05) is 53.8 Å². The Bertz CT molecular complexity index is 303. The predicted octanol–water partition coefficient (Wildman–Crippen LogP) is 2.34. The molecule has 0 aliphatic heterocycles. The third kappa shape index (κ3) is 2.34. The summed E-state index contributed by atoms with van der Waals surface area (Å²) in [5, 5.41) is 2.66. The van der Waals surface area contributed by atoms with Gasteiger partial charge in [0.05, 0.1) is 6.61 Å². The topological polar surface area (TPSA) is 9.23 Å². The Balaban J connectivity index is 2.90. The van der Waals surface area contributed by atoms with Crippen LogP contribution in [0.2, 0.25) is 13.1 Å². The highest BCUT2D eigenvalue weighted by atomic mass is 28.3. The lowest BCUT2D eigenvalue weighted by Crippen LogP contribution is -2.44. The molecule has 0 N–H and O–H groups in total. The lowest BCUT2D eigenvalue weighted by Gasteiger charge is -2.25. The van der Waals surface area contributed by atoms with Gasteiger partial charge in [-0.2, -0.15) is 0 Å². The Morgan fingerprint density at radius 2 is 1.86 bits per heavy atom. The first-order valence-corrected chi connectivity index (χ1v) is 7.81. The van der Waals surface area contributed by atoms with Gasteiger partial charge in [0.15, 0.2) is 0 Å². The van der Waals surface area contributed by atoms with Crippen molar-refractivity contribution in [1.82, 2.24) is 0 Å². The van der Waals surface area contributed by atoms with Crippen molar-refractivity contribution in [3.63, 3.8) is 0 Å². The molecule has 1 aromatic rings. The molecule has 2 heteroatoms. The third-order valence-corrected chi connectivity index (χ3v) is 6.39. The van der Waals surface area contributed by atoms with Crippen LogP contribution in [0.3, 0.4) is 0 Å². The van der Waals surface area contributed by atoms with Crippen molar-refractivity contribution in [1.29, 1.82) is 0 Å². The van der Waals surface area contributed by atoms with Gasteiger partial charge in [-0.15, -0.1) is 6.58 Å². The number of rotatable bonds is 4. The average Bonchev–Trinajstić information content (AvgIpc) is 2.19. The zero-order valence-corrected chi connectivity index (χ0v) is 10.2. The summed E-state index contributed by atoms with van der Waals surface area (Å²) in [6.45, 7) is 9.42. The van der Waals surface area contributed by atoms with E-state index in [2.05, 4.69) is 43.9 Å². The highest BCUT2D eigenvalue weighted by Crippen LogP contribution is 2.13. The van der Waals surface area contributed by atoms with E-state index in [1.54, 1.807) is 7.11 Å². The predicted molar refractivity (Wildman–Crippen MR) is 64.6 cm³/mol. The molecule has 0 radical (unpaired) electrons. The number of ether oxygens (including phenoxy) is 1. The van der Waals surface area contributed by atoms with E-state index in [0.717, 1.165) is 0 Å². The van der Waals surface area contributed by atoms with Crippen molar-refractivity contribution in [3.8, 4) is 0 Å². The molecular formula is C12H18OSi. The molecule has 0 saturated carbocycles. The van der Waals surface area contributed by atoms with Gasteiger partial charge in [0.25, 0.3) is 0 Å². The zero-order chi connectivity index (χ0) is 10.6. The summed E-state index contributed by atoms with van der Waals surface area (Å²) < 4.78 is 5.15. The molecule has 0 aromatic heterocycles. The van der Waals surface area contributed by atoms with E-state index in [-0.39, 0.29) is 0 Å². The summed E-state index contributed by atoms with van der Waals surface area (Å²) in [6.07, 6.45) is 0. The first kappa shape index (κ1) is 11.2. The maximum atomic E-state index is 5.15. The van der Waals surface area contributed by atoms with E-state index in [4.69, 9.17) is 4.74 Å². The zero-order valence-electron chi connectivity index (χ0n) is 9.21. The van der Waals surface area contributed by atoms with Gasteiger partial charge in [0.1, 0.15) is 8.07 Å². The van der Waals surface area contributed by atoms with Crippen LogP contribution in [0, 0.1) is 0 Å². The van der Waals surface area contributed by atoms with Crippen molar-refractivity contribution < 1.29 is 4.74 Å². The molecule has 0 fully saturated rings. The van der Waals surface area contributed by atoms with Crippen LogP contribution in [0.25, 0.3) is 0 Å². The number of methoxy groups -OCH3 is 1. The van der Waals surface area contributed by atoms with E-state index < -0.39 is 8.07 Å². The van der Waals surface area contributed by atoms with Crippen LogP contribution in [-0.4, -0.2) is 21.8 Å². The smallest absolute Gasteiger partial charge is 0.109 e. The largest absolute Gasteiger partial charge is 0.381 e. The quantitative estimate of drug-likeness (QED) is 0.687. The minimum atomic E-state index is -1.52. The van der Waals surface area contributed by atoms with E-state index in [9.17, 15) is 0 Å². The summed E-state index contributed by atoms with van der Waals surface area (Å²) in [5.74, 6) is 0. The van der Waals surface area contributed by atoms with Gasteiger partial charge >= 0.3 is 0 Å². The highest BCUT2D eigenvalue weighted by molar-refractivity contribution is 6.95. The molecule has 1 aromatic carbocycles. The van der Waals surface area contributed by atoms with Crippen LogP contribution < -0.4 is 5.19 Å². The summed E-state index contributed by atoms with van der Waals surface area (Å²) in [7, 11) is 0.200. The number of hydrogen-bond acceptors (Lipinski definition) is 1. The van der Waals surface area contributed by atoms with E-state index in [1.807, 2.05) is 6.07 Å². The Kier molecular flexibility index (Phi) is 3.67. The van der Waals surface area contributed by atoms with Gasteiger partial charge in [-0.05, 0) is 0 Å². The monoisotopic (exact) mass is 206 g/mol. The minimum absolute atomic E-state index is 0.675. The first-order valence-electron chi connectivity index (χ1n) is 4.81. The molecular weight excluding hydrogens is 188 g/mol. The van der Waals surface area contributed by atoms with Crippen LogP contribution in [0.4, 0.5) is 0 Å². The summed E-state index contributed by atoms with van der Waals surface area (Å²) in [5.41, 5.74) is 0. The maximum Gasteiger partial charge on any atom is 0.109 e. The fourth-order valence-corrected chi connectivity index (χ4v) is 3.35. The molecule has 0 amide bonds. The van der Waals surface area contributed by atoms with Crippen LogP contribution >= 0.6 is 0 Å². The van der Waals surface area contributed by atoms with Crippen molar-refractivity contribution in [2.45, 2.75) is 13.1 Å². The standard InChI is InChI=1S/C12H18OSi/c1-11(10-13-2)14(3,4)12-8-6-5-7-9-12/h5-9H,1,10H2,2-4H3. The molecule has 0 saturated heterocycles. The lowest BCUT2D eigenvalue weighted by atomic mass is 10.4.